The molecule has 2 fully saturated rings. The molecule has 1 aliphatic carbocycles. The third-order valence-electron chi connectivity index (χ3n) is 5.12. The molecule has 0 unspecified atom stereocenters. The molecule has 0 aromatic heterocycles. The summed E-state index contributed by atoms with van der Waals surface area (Å²) < 4.78 is 35.9. The highest BCUT2D eigenvalue weighted by atomic mass is 32.2. The van der Waals surface area contributed by atoms with E-state index in [1.165, 1.54) is 6.26 Å². The largest absolute Gasteiger partial charge is 0.493 e. The van der Waals surface area contributed by atoms with Crippen molar-refractivity contribution in [3.63, 3.8) is 0 Å². The van der Waals surface area contributed by atoms with Crippen LogP contribution in [0.2, 0.25) is 0 Å². The van der Waals surface area contributed by atoms with Crippen molar-refractivity contribution in [2.45, 2.75) is 18.9 Å². The number of rotatable bonds is 6. The highest BCUT2D eigenvalue weighted by Gasteiger charge is 2.53. The van der Waals surface area contributed by atoms with Gasteiger partial charge >= 0.3 is 0 Å². The molecule has 8 nitrogen and oxygen atoms in total. The summed E-state index contributed by atoms with van der Waals surface area (Å²) in [7, 11) is -0.0154. The maximum atomic E-state index is 11.3. The van der Waals surface area contributed by atoms with Crippen molar-refractivity contribution in [3.05, 3.63) is 23.9 Å². The zero-order valence-corrected chi connectivity index (χ0v) is 16.1. The molecule has 0 amide bonds. The molecule has 1 aliphatic heterocycles. The number of hydrogen-bond donors (Lipinski definition) is 3. The van der Waals surface area contributed by atoms with Gasteiger partial charge in [0.15, 0.2) is 11.5 Å². The highest BCUT2D eigenvalue weighted by Crippen LogP contribution is 2.51. The van der Waals surface area contributed by atoms with E-state index in [9.17, 15) is 8.42 Å². The molecule has 0 radical (unpaired) electrons. The van der Waals surface area contributed by atoms with E-state index >= 15 is 0 Å². The molecule has 3 rings (SSSR count). The topological polar surface area (TPSA) is 120 Å². The van der Waals surface area contributed by atoms with Crippen molar-refractivity contribution in [3.8, 4) is 11.5 Å². The van der Waals surface area contributed by atoms with Crippen molar-refractivity contribution >= 4 is 21.4 Å². The smallest absolute Gasteiger partial charge is 0.208 e. The Bertz CT molecular complexity index is 823. The molecule has 1 saturated carbocycles. The lowest BCUT2D eigenvalue weighted by Crippen LogP contribution is -2.65. The number of nitrogens with one attached hydrogen (secondary N) is 1. The first-order valence-corrected chi connectivity index (χ1v) is 10.3. The summed E-state index contributed by atoms with van der Waals surface area (Å²) in [5.74, 6) is 1.16. The third-order valence-corrected chi connectivity index (χ3v) is 5.88. The summed E-state index contributed by atoms with van der Waals surface area (Å²) >= 11 is 0. The zero-order chi connectivity index (χ0) is 19.1. The van der Waals surface area contributed by atoms with Crippen LogP contribution in [0.4, 0.5) is 5.69 Å². The van der Waals surface area contributed by atoms with Gasteiger partial charge < -0.3 is 25.8 Å². The van der Waals surface area contributed by atoms with Gasteiger partial charge in [-0.05, 0) is 18.9 Å². The number of nitrogen functional groups attached to an aromatic ring is 1. The van der Waals surface area contributed by atoms with Crippen molar-refractivity contribution in [1.82, 2.24) is 9.62 Å². The summed E-state index contributed by atoms with van der Waals surface area (Å²) in [6.45, 7) is 1.65. The molecule has 1 spiro atoms. The lowest BCUT2D eigenvalue weighted by atomic mass is 9.60. The Labute approximate surface area is 154 Å². The van der Waals surface area contributed by atoms with Gasteiger partial charge in [0, 0.05) is 48.1 Å². The van der Waals surface area contributed by atoms with Crippen LogP contribution < -0.4 is 25.7 Å². The lowest BCUT2D eigenvalue weighted by molar-refractivity contribution is -0.0413. The van der Waals surface area contributed by atoms with Crippen LogP contribution in [-0.2, 0) is 10.0 Å². The molecule has 2 aliphatic rings. The number of ether oxygens (including phenoxy) is 2. The van der Waals surface area contributed by atoms with E-state index in [2.05, 4.69) is 9.62 Å². The molecule has 1 aromatic carbocycles. The Kier molecular flexibility index (Phi) is 4.70. The predicted octanol–water partition coefficient (Wildman–Crippen LogP) is 0.557. The van der Waals surface area contributed by atoms with E-state index in [1.54, 1.807) is 26.5 Å². The SMILES string of the molecule is COc1cc(N)c(/C(=C\N)N2CC3(CC(NS(C)(=O)=O)C3)C2)cc1OC. The normalized spacial score (nSPS) is 19.8. The second kappa shape index (κ2) is 6.55. The molecule has 0 atom stereocenters. The third kappa shape index (κ3) is 3.41. The molecule has 9 heteroatoms. The number of hydrogen-bond acceptors (Lipinski definition) is 7. The van der Waals surface area contributed by atoms with Gasteiger partial charge in [0.2, 0.25) is 10.0 Å². The second-order valence-corrected chi connectivity index (χ2v) is 8.98. The monoisotopic (exact) mass is 382 g/mol. The molecule has 144 valence electrons. The van der Waals surface area contributed by atoms with Crippen LogP contribution in [0, 0.1) is 5.41 Å². The number of benzene rings is 1. The Morgan fingerprint density at radius 1 is 1.27 bits per heavy atom. The minimum absolute atomic E-state index is 0.0311. The maximum Gasteiger partial charge on any atom is 0.208 e. The van der Waals surface area contributed by atoms with Gasteiger partial charge in [-0.3, -0.25) is 0 Å². The van der Waals surface area contributed by atoms with E-state index in [0.717, 1.165) is 37.2 Å². The Morgan fingerprint density at radius 2 is 1.85 bits per heavy atom. The molecular formula is C17H26N4O4S. The summed E-state index contributed by atoms with van der Waals surface area (Å²) in [6.07, 6.45) is 4.43. The van der Waals surface area contributed by atoms with Crippen molar-refractivity contribution < 1.29 is 17.9 Å². The van der Waals surface area contributed by atoms with Crippen LogP contribution in [-0.4, -0.2) is 52.9 Å². The van der Waals surface area contributed by atoms with Crippen molar-refractivity contribution in [2.75, 3.05) is 39.3 Å². The van der Waals surface area contributed by atoms with Gasteiger partial charge in [-0.1, -0.05) is 0 Å². The molecule has 26 heavy (non-hydrogen) atoms. The van der Waals surface area contributed by atoms with Crippen LogP contribution in [0.3, 0.4) is 0 Å². The highest BCUT2D eigenvalue weighted by molar-refractivity contribution is 7.88. The van der Waals surface area contributed by atoms with Gasteiger partial charge in [-0.2, -0.15) is 0 Å². The number of nitrogens with two attached hydrogens (primary N) is 2. The minimum atomic E-state index is -3.15. The first kappa shape index (κ1) is 18.7. The van der Waals surface area contributed by atoms with Crippen LogP contribution in [0.15, 0.2) is 18.3 Å². The number of sulfonamides is 1. The van der Waals surface area contributed by atoms with Gasteiger partial charge in [0.25, 0.3) is 0 Å². The quantitative estimate of drug-likeness (QED) is 0.615. The number of methoxy groups -OCH3 is 2. The molecule has 1 heterocycles. The molecule has 0 bridgehead atoms. The first-order chi connectivity index (χ1) is 12.2. The van der Waals surface area contributed by atoms with E-state index in [0.29, 0.717) is 17.2 Å². The van der Waals surface area contributed by atoms with Crippen molar-refractivity contribution in [2.24, 2.45) is 11.1 Å². The molecular weight excluding hydrogens is 356 g/mol. The summed E-state index contributed by atoms with van der Waals surface area (Å²) in [5.41, 5.74) is 14.4. The van der Waals surface area contributed by atoms with Gasteiger partial charge in [-0.15, -0.1) is 0 Å². The van der Waals surface area contributed by atoms with E-state index in [4.69, 9.17) is 20.9 Å². The second-order valence-electron chi connectivity index (χ2n) is 7.20. The van der Waals surface area contributed by atoms with Crippen LogP contribution in [0.25, 0.3) is 5.70 Å². The molecule has 1 saturated heterocycles. The van der Waals surface area contributed by atoms with E-state index in [1.807, 2.05) is 6.07 Å². The van der Waals surface area contributed by atoms with Crippen LogP contribution in [0.1, 0.15) is 18.4 Å². The standard InChI is InChI=1S/C17H26N4O4S/c1-24-15-4-12(13(19)5-16(15)25-2)14(8-18)21-9-17(10-21)6-11(7-17)20-26(3,22)23/h4-5,8,11,20H,6-7,9-10,18-19H2,1-3H3/b14-8+. The lowest BCUT2D eigenvalue weighted by Gasteiger charge is -2.60. The first-order valence-electron chi connectivity index (χ1n) is 8.36. The molecule has 1 aromatic rings. The van der Waals surface area contributed by atoms with Crippen molar-refractivity contribution in [1.29, 1.82) is 0 Å². The van der Waals surface area contributed by atoms with Gasteiger partial charge in [0.1, 0.15) is 0 Å². The van der Waals surface area contributed by atoms with E-state index in [-0.39, 0.29) is 11.5 Å². The average Bonchev–Trinajstić information content (AvgIpc) is 2.50. The summed E-state index contributed by atoms with van der Waals surface area (Å²) in [6, 6.07) is 3.58. The molecule has 5 N–H and O–H groups in total. The fraction of sp³-hybridized carbons (Fsp3) is 0.529. The number of likely N-dealkylation sites (tertiary alicyclic amines) is 1. The predicted molar refractivity (Wildman–Crippen MR) is 101 cm³/mol. The van der Waals surface area contributed by atoms with Gasteiger partial charge in [-0.25, -0.2) is 13.1 Å². The zero-order valence-electron chi connectivity index (χ0n) is 15.3. The summed E-state index contributed by atoms with van der Waals surface area (Å²) in [4.78, 5) is 2.16. The average molecular weight is 382 g/mol. The fourth-order valence-corrected chi connectivity index (χ4v) is 4.82. The number of nitrogens with zero attached hydrogens (tertiary/aromatic N) is 1. The maximum absolute atomic E-state index is 11.3. The Balaban J connectivity index is 1.70. The minimum Gasteiger partial charge on any atom is -0.493 e. The Morgan fingerprint density at radius 3 is 2.35 bits per heavy atom. The summed E-state index contributed by atoms with van der Waals surface area (Å²) in [5, 5.41) is 0. The Hall–Kier alpha value is -2.13. The van der Waals surface area contributed by atoms with E-state index < -0.39 is 10.0 Å². The van der Waals surface area contributed by atoms with Crippen LogP contribution in [0.5, 0.6) is 11.5 Å². The fourth-order valence-electron chi connectivity index (χ4n) is 4.05. The number of anilines is 1. The van der Waals surface area contributed by atoms with Crippen LogP contribution >= 0.6 is 0 Å². The van der Waals surface area contributed by atoms with Gasteiger partial charge in [0.05, 0.1) is 26.2 Å².